The van der Waals surface area contributed by atoms with Gasteiger partial charge in [-0.05, 0) is 55.6 Å². The molecular formula is C27H22NO2+. The number of benzene rings is 3. The summed E-state index contributed by atoms with van der Waals surface area (Å²) in [5.41, 5.74) is 6.91. The third-order valence-corrected chi connectivity index (χ3v) is 6.00. The molecule has 30 heavy (non-hydrogen) atoms. The summed E-state index contributed by atoms with van der Waals surface area (Å²) in [6.45, 7) is 1.71. The van der Waals surface area contributed by atoms with Crippen molar-refractivity contribution < 1.29 is 17.5 Å². The van der Waals surface area contributed by atoms with Crippen LogP contribution in [0.3, 0.4) is 0 Å². The first kappa shape index (κ1) is 14.4. The molecule has 0 aliphatic carbocycles. The largest absolute Gasteiger partial charge is 0.456 e. The van der Waals surface area contributed by atoms with E-state index in [0.717, 1.165) is 44.1 Å². The molecule has 6 aromatic rings. The van der Waals surface area contributed by atoms with E-state index in [2.05, 4.69) is 6.07 Å². The lowest BCUT2D eigenvalue weighted by Gasteiger charge is -2.08. The van der Waals surface area contributed by atoms with Gasteiger partial charge in [-0.1, -0.05) is 24.3 Å². The minimum Gasteiger partial charge on any atom is -0.456 e. The molecule has 0 amide bonds. The molecule has 3 heterocycles. The van der Waals surface area contributed by atoms with Crippen LogP contribution in [0.2, 0.25) is 0 Å². The monoisotopic (exact) mass is 395 g/mol. The van der Waals surface area contributed by atoms with Crippen LogP contribution in [0.4, 0.5) is 0 Å². The summed E-state index contributed by atoms with van der Waals surface area (Å²) in [4.78, 5) is 0. The van der Waals surface area contributed by atoms with Crippen molar-refractivity contribution >= 4 is 43.9 Å². The van der Waals surface area contributed by atoms with Crippen molar-refractivity contribution in [3.05, 3.63) is 77.5 Å². The normalized spacial score (nSPS) is 13.9. The number of aromatic nitrogens is 1. The molecule has 0 saturated heterocycles. The summed E-state index contributed by atoms with van der Waals surface area (Å²) in [5, 5.41) is 3.33. The molecule has 0 radical (unpaired) electrons. The van der Waals surface area contributed by atoms with Crippen molar-refractivity contribution in [2.75, 3.05) is 0 Å². The molecule has 3 aromatic carbocycles. The van der Waals surface area contributed by atoms with Crippen molar-refractivity contribution in [2.45, 2.75) is 20.7 Å². The van der Waals surface area contributed by atoms with Crippen LogP contribution in [-0.4, -0.2) is 0 Å². The Hall–Kier alpha value is -3.59. The van der Waals surface area contributed by atoms with E-state index in [-0.39, 0.29) is 0 Å². The van der Waals surface area contributed by atoms with Gasteiger partial charge >= 0.3 is 0 Å². The summed E-state index contributed by atoms with van der Waals surface area (Å²) < 4.78 is 39.3. The first-order chi connectivity index (χ1) is 15.7. The van der Waals surface area contributed by atoms with Crippen LogP contribution in [0.25, 0.3) is 55.1 Å². The Kier molecular flexibility index (Phi) is 2.86. The second kappa shape index (κ2) is 5.96. The molecule has 6 rings (SSSR count). The number of nitrogens with zero attached hydrogens (tertiary/aromatic N) is 1. The van der Waals surface area contributed by atoms with Gasteiger partial charge in [0.05, 0.1) is 5.56 Å². The number of hydrogen-bond acceptors (Lipinski definition) is 2. The smallest absolute Gasteiger partial charge is 0.216 e. The minimum absolute atomic E-state index is 0.295. The van der Waals surface area contributed by atoms with Crippen LogP contribution < -0.4 is 4.57 Å². The lowest BCUT2D eigenvalue weighted by atomic mass is 9.96. The molecule has 0 unspecified atom stereocenters. The number of furan rings is 2. The number of rotatable bonds is 1. The number of para-hydroxylation sites is 1. The molecule has 0 aliphatic heterocycles. The molecule has 146 valence electrons. The molecule has 0 saturated carbocycles. The van der Waals surface area contributed by atoms with Crippen molar-refractivity contribution in [1.82, 2.24) is 0 Å². The highest BCUT2D eigenvalue weighted by Crippen LogP contribution is 2.41. The highest BCUT2D eigenvalue weighted by molar-refractivity contribution is 6.17. The molecule has 3 heteroatoms. The number of pyridine rings is 1. The molecule has 0 fully saturated rings. The van der Waals surface area contributed by atoms with Gasteiger partial charge in [0.1, 0.15) is 29.4 Å². The summed E-state index contributed by atoms with van der Waals surface area (Å²) in [7, 11) is 1.99. The average Bonchev–Trinajstić information content (AvgIpc) is 3.30. The fourth-order valence-corrected chi connectivity index (χ4v) is 4.54. The predicted octanol–water partition coefficient (Wildman–Crippen LogP) is 6.90. The SMILES string of the molecule is [2H]C([2H])([2H])c1cc(C)c(-c2cc(C)cc[n+]2C)c2oc3cc4c(cc3c12)oc1ccccc14. The topological polar surface area (TPSA) is 30.2 Å². The Morgan fingerprint density at radius 3 is 2.47 bits per heavy atom. The van der Waals surface area contributed by atoms with Crippen LogP contribution in [0.1, 0.15) is 20.8 Å². The zero-order chi connectivity index (χ0) is 23.1. The van der Waals surface area contributed by atoms with Crippen LogP contribution in [-0.2, 0) is 7.05 Å². The van der Waals surface area contributed by atoms with Gasteiger partial charge in [0, 0.05) is 37.8 Å². The molecule has 3 aromatic heterocycles. The van der Waals surface area contributed by atoms with E-state index in [1.165, 1.54) is 0 Å². The Balaban J connectivity index is 1.81. The van der Waals surface area contributed by atoms with Gasteiger partial charge in [0.25, 0.3) is 0 Å². The molecular weight excluding hydrogens is 370 g/mol. The van der Waals surface area contributed by atoms with Crippen LogP contribution >= 0.6 is 0 Å². The second-order valence-corrected chi connectivity index (χ2v) is 8.07. The van der Waals surface area contributed by atoms with Crippen molar-refractivity contribution in [1.29, 1.82) is 0 Å². The zero-order valence-electron chi connectivity index (χ0n) is 20.0. The van der Waals surface area contributed by atoms with E-state index in [0.29, 0.717) is 27.7 Å². The van der Waals surface area contributed by atoms with Gasteiger partial charge in [0.2, 0.25) is 5.69 Å². The summed E-state index contributed by atoms with van der Waals surface area (Å²) in [6, 6.07) is 17.7. The fraction of sp³-hybridized carbons (Fsp3) is 0.148. The molecule has 0 aliphatic rings. The average molecular weight is 395 g/mol. The molecule has 0 atom stereocenters. The standard InChI is InChI=1S/C27H22NO2/c1-15-9-10-28(4)21(11-15)26-17(3)12-16(2)25-20-14-23-19(13-24(20)30-27(25)26)18-7-5-6-8-22(18)29-23/h5-14H,1-4H3/q+1/i2D3. The maximum atomic E-state index is 8.23. The van der Waals surface area contributed by atoms with Gasteiger partial charge in [-0.25, -0.2) is 4.57 Å². The van der Waals surface area contributed by atoms with Crippen LogP contribution in [0.15, 0.2) is 69.6 Å². The van der Waals surface area contributed by atoms with Gasteiger partial charge < -0.3 is 8.83 Å². The van der Waals surface area contributed by atoms with Gasteiger partial charge in [0.15, 0.2) is 6.20 Å². The van der Waals surface area contributed by atoms with Gasteiger partial charge in [-0.15, -0.1) is 0 Å². The first-order valence-electron chi connectivity index (χ1n) is 11.5. The Morgan fingerprint density at radius 1 is 0.800 bits per heavy atom. The Morgan fingerprint density at radius 2 is 1.60 bits per heavy atom. The summed E-state index contributed by atoms with van der Waals surface area (Å²) in [6.07, 6.45) is 2.01. The van der Waals surface area contributed by atoms with E-state index < -0.39 is 6.85 Å². The lowest BCUT2D eigenvalue weighted by molar-refractivity contribution is -0.660. The van der Waals surface area contributed by atoms with E-state index in [1.807, 2.05) is 74.1 Å². The quantitative estimate of drug-likeness (QED) is 0.283. The third-order valence-electron chi connectivity index (χ3n) is 6.00. The van der Waals surface area contributed by atoms with Crippen molar-refractivity contribution in [3.63, 3.8) is 0 Å². The maximum absolute atomic E-state index is 8.23. The Labute approximate surface area is 178 Å². The number of fused-ring (bicyclic) bond motifs is 6. The molecule has 0 N–H and O–H groups in total. The van der Waals surface area contributed by atoms with Gasteiger partial charge in [-0.3, -0.25) is 0 Å². The highest BCUT2D eigenvalue weighted by Gasteiger charge is 2.23. The minimum atomic E-state index is -2.28. The van der Waals surface area contributed by atoms with Crippen LogP contribution in [0, 0.1) is 20.7 Å². The number of aryl methyl sites for hydroxylation is 4. The van der Waals surface area contributed by atoms with E-state index in [9.17, 15) is 0 Å². The predicted molar refractivity (Wildman–Crippen MR) is 122 cm³/mol. The molecule has 0 spiro atoms. The van der Waals surface area contributed by atoms with E-state index in [1.54, 1.807) is 6.07 Å². The molecule has 3 nitrogen and oxygen atoms in total. The zero-order valence-corrected chi connectivity index (χ0v) is 17.0. The molecule has 0 bridgehead atoms. The summed E-state index contributed by atoms with van der Waals surface area (Å²) in [5.74, 6) is 0. The maximum Gasteiger partial charge on any atom is 0.216 e. The lowest BCUT2D eigenvalue weighted by Crippen LogP contribution is -2.30. The second-order valence-electron chi connectivity index (χ2n) is 8.07. The fourth-order valence-electron chi connectivity index (χ4n) is 4.54. The first-order valence-corrected chi connectivity index (χ1v) is 10.0. The van der Waals surface area contributed by atoms with Crippen LogP contribution in [0.5, 0.6) is 0 Å². The van der Waals surface area contributed by atoms with E-state index in [4.69, 9.17) is 12.9 Å². The third kappa shape index (κ3) is 2.29. The van der Waals surface area contributed by atoms with Crippen molar-refractivity contribution in [2.24, 2.45) is 7.05 Å². The van der Waals surface area contributed by atoms with Gasteiger partial charge in [-0.2, -0.15) is 0 Å². The van der Waals surface area contributed by atoms with Crippen molar-refractivity contribution in [3.8, 4) is 11.3 Å². The Bertz CT molecular complexity index is 1740. The van der Waals surface area contributed by atoms with E-state index >= 15 is 0 Å². The highest BCUT2D eigenvalue weighted by atomic mass is 16.3. The summed E-state index contributed by atoms with van der Waals surface area (Å²) >= 11 is 0. The number of hydrogen-bond donors (Lipinski definition) is 0.